The molecule has 0 radical (unpaired) electrons. The molecule has 1 heterocycles. The predicted molar refractivity (Wildman–Crippen MR) is 81.9 cm³/mol. The van der Waals surface area contributed by atoms with E-state index in [1.165, 1.54) is 20.3 Å². The Labute approximate surface area is 138 Å². The summed E-state index contributed by atoms with van der Waals surface area (Å²) in [5.74, 6) is -2.87. The number of carbonyl (C=O) groups excluding carboxylic acids is 1. The van der Waals surface area contributed by atoms with Crippen LogP contribution in [0.5, 0.6) is 11.5 Å². The molecule has 0 aliphatic carbocycles. The molecule has 2 rings (SSSR count). The maximum absolute atomic E-state index is 14.1. The van der Waals surface area contributed by atoms with Gasteiger partial charge in [-0.3, -0.25) is 4.79 Å². The Morgan fingerprint density at radius 3 is 2.54 bits per heavy atom. The molecule has 1 amide bonds. The molecule has 0 saturated carbocycles. The number of aliphatic carboxylic acids is 1. The highest BCUT2D eigenvalue weighted by atomic mass is 19.1. The van der Waals surface area contributed by atoms with Crippen LogP contribution in [0.1, 0.15) is 23.2 Å². The number of carboxylic acid groups (broad SMARTS) is 1. The minimum atomic E-state index is -1.18. The highest BCUT2D eigenvalue weighted by molar-refractivity contribution is 5.97. The number of ether oxygens (including phenoxy) is 3. The molecule has 8 heteroatoms. The van der Waals surface area contributed by atoms with Crippen molar-refractivity contribution in [2.45, 2.75) is 18.9 Å². The van der Waals surface area contributed by atoms with Gasteiger partial charge in [-0.05, 0) is 18.9 Å². The molecule has 1 aromatic rings. The van der Waals surface area contributed by atoms with Crippen LogP contribution in [0.2, 0.25) is 0 Å². The molecule has 132 valence electrons. The summed E-state index contributed by atoms with van der Waals surface area (Å²) in [5, 5.41) is 11.7. The van der Waals surface area contributed by atoms with Gasteiger partial charge in [0.1, 0.15) is 11.9 Å². The molecule has 2 N–H and O–H groups in total. The van der Waals surface area contributed by atoms with E-state index in [-0.39, 0.29) is 29.6 Å². The van der Waals surface area contributed by atoms with Crippen molar-refractivity contribution in [2.24, 2.45) is 5.92 Å². The number of nitrogens with one attached hydrogen (secondary N) is 1. The molecular weight excluding hydrogens is 321 g/mol. The Morgan fingerprint density at radius 2 is 2.00 bits per heavy atom. The van der Waals surface area contributed by atoms with Gasteiger partial charge in [0, 0.05) is 18.6 Å². The maximum Gasteiger partial charge on any atom is 0.326 e. The molecule has 1 aromatic carbocycles. The van der Waals surface area contributed by atoms with Crippen molar-refractivity contribution in [1.29, 1.82) is 0 Å². The summed E-state index contributed by atoms with van der Waals surface area (Å²) in [6.45, 7) is 0.812. The number of methoxy groups -OCH3 is 2. The smallest absolute Gasteiger partial charge is 0.326 e. The van der Waals surface area contributed by atoms with Gasteiger partial charge in [-0.25, -0.2) is 9.18 Å². The standard InChI is InChI=1S/C16H20FNO6/c1-22-12-6-10(11(17)7-13(12)23-2)15(19)18-14(16(20)21)9-4-3-5-24-8-9/h6-7,9,14H,3-5,8H2,1-2H3,(H,18,19)(H,20,21). The van der Waals surface area contributed by atoms with E-state index in [1.54, 1.807) is 0 Å². The van der Waals surface area contributed by atoms with Crippen LogP contribution in [0, 0.1) is 11.7 Å². The Kier molecular flexibility index (Phi) is 5.97. The van der Waals surface area contributed by atoms with E-state index in [0.29, 0.717) is 13.0 Å². The molecule has 24 heavy (non-hydrogen) atoms. The van der Waals surface area contributed by atoms with Gasteiger partial charge in [0.2, 0.25) is 0 Å². The Bertz CT molecular complexity index is 615. The normalized spacial score (nSPS) is 18.5. The second kappa shape index (κ2) is 7.96. The first-order chi connectivity index (χ1) is 11.5. The van der Waals surface area contributed by atoms with Crippen LogP contribution in [0.15, 0.2) is 12.1 Å². The van der Waals surface area contributed by atoms with Crippen LogP contribution in [0.25, 0.3) is 0 Å². The third-order valence-corrected chi connectivity index (χ3v) is 3.94. The predicted octanol–water partition coefficient (Wildman–Crippen LogP) is 1.45. The third kappa shape index (κ3) is 3.94. The quantitative estimate of drug-likeness (QED) is 0.813. The molecule has 0 aromatic heterocycles. The van der Waals surface area contributed by atoms with Crippen molar-refractivity contribution in [3.63, 3.8) is 0 Å². The minimum absolute atomic E-state index is 0.141. The molecule has 0 spiro atoms. The molecule has 1 saturated heterocycles. The van der Waals surface area contributed by atoms with Gasteiger partial charge in [0.05, 0.1) is 26.4 Å². The zero-order valence-corrected chi connectivity index (χ0v) is 13.5. The minimum Gasteiger partial charge on any atom is -0.493 e. The number of benzene rings is 1. The van der Waals surface area contributed by atoms with E-state index < -0.39 is 23.7 Å². The van der Waals surface area contributed by atoms with Crippen LogP contribution in [0.3, 0.4) is 0 Å². The van der Waals surface area contributed by atoms with E-state index in [2.05, 4.69) is 5.32 Å². The summed E-state index contributed by atoms with van der Waals surface area (Å²) in [7, 11) is 2.71. The number of halogens is 1. The van der Waals surface area contributed by atoms with Gasteiger partial charge in [-0.2, -0.15) is 0 Å². The monoisotopic (exact) mass is 341 g/mol. The van der Waals surface area contributed by atoms with E-state index >= 15 is 0 Å². The number of carboxylic acids is 1. The van der Waals surface area contributed by atoms with Crippen LogP contribution >= 0.6 is 0 Å². The van der Waals surface area contributed by atoms with Gasteiger partial charge < -0.3 is 24.6 Å². The van der Waals surface area contributed by atoms with Crippen LogP contribution in [-0.4, -0.2) is 50.5 Å². The molecule has 1 fully saturated rings. The molecule has 0 bridgehead atoms. The summed E-state index contributed by atoms with van der Waals surface area (Å²) in [6, 6.07) is 1.05. The lowest BCUT2D eigenvalue weighted by Crippen LogP contribution is -2.48. The van der Waals surface area contributed by atoms with Crippen molar-refractivity contribution in [2.75, 3.05) is 27.4 Å². The first-order valence-corrected chi connectivity index (χ1v) is 7.50. The van der Waals surface area contributed by atoms with Gasteiger partial charge in [-0.1, -0.05) is 0 Å². The largest absolute Gasteiger partial charge is 0.493 e. The third-order valence-electron chi connectivity index (χ3n) is 3.94. The summed E-state index contributed by atoms with van der Waals surface area (Å²) >= 11 is 0. The molecule has 1 aliphatic heterocycles. The Morgan fingerprint density at radius 1 is 1.33 bits per heavy atom. The highest BCUT2D eigenvalue weighted by Gasteiger charge is 2.32. The van der Waals surface area contributed by atoms with E-state index in [1.807, 2.05) is 0 Å². The number of amides is 1. The molecule has 7 nitrogen and oxygen atoms in total. The molecule has 1 aliphatic rings. The van der Waals surface area contributed by atoms with Gasteiger partial charge in [0.25, 0.3) is 5.91 Å². The van der Waals surface area contributed by atoms with Crippen molar-refractivity contribution < 1.29 is 33.3 Å². The highest BCUT2D eigenvalue weighted by Crippen LogP contribution is 2.30. The van der Waals surface area contributed by atoms with Gasteiger partial charge in [0.15, 0.2) is 11.5 Å². The molecule has 2 unspecified atom stereocenters. The maximum atomic E-state index is 14.1. The fourth-order valence-corrected chi connectivity index (χ4v) is 2.66. The van der Waals surface area contributed by atoms with Crippen molar-refractivity contribution >= 4 is 11.9 Å². The van der Waals surface area contributed by atoms with Crippen LogP contribution in [-0.2, 0) is 9.53 Å². The number of hydrogen-bond donors (Lipinski definition) is 2. The lowest BCUT2D eigenvalue weighted by atomic mass is 9.93. The van der Waals surface area contributed by atoms with Crippen molar-refractivity contribution in [1.82, 2.24) is 5.32 Å². The Hall–Kier alpha value is -2.35. The fourth-order valence-electron chi connectivity index (χ4n) is 2.66. The topological polar surface area (TPSA) is 94.1 Å². The van der Waals surface area contributed by atoms with E-state index in [4.69, 9.17) is 14.2 Å². The number of rotatable bonds is 6. The van der Waals surface area contributed by atoms with Gasteiger partial charge in [-0.15, -0.1) is 0 Å². The van der Waals surface area contributed by atoms with E-state index in [9.17, 15) is 19.1 Å². The van der Waals surface area contributed by atoms with Gasteiger partial charge >= 0.3 is 5.97 Å². The number of carbonyl (C=O) groups is 2. The summed E-state index contributed by atoms with van der Waals surface area (Å²) in [4.78, 5) is 23.8. The Balaban J connectivity index is 2.22. The first-order valence-electron chi connectivity index (χ1n) is 7.50. The van der Waals surface area contributed by atoms with Crippen molar-refractivity contribution in [3.05, 3.63) is 23.5 Å². The molecular formula is C16H20FNO6. The zero-order chi connectivity index (χ0) is 17.7. The zero-order valence-electron chi connectivity index (χ0n) is 13.5. The summed E-state index contributed by atoms with van der Waals surface area (Å²) in [5.41, 5.74) is -0.310. The average Bonchev–Trinajstić information content (AvgIpc) is 2.59. The van der Waals surface area contributed by atoms with Crippen molar-refractivity contribution in [3.8, 4) is 11.5 Å². The summed E-state index contributed by atoms with van der Waals surface area (Å²) in [6.07, 6.45) is 1.33. The van der Waals surface area contributed by atoms with Crippen LogP contribution < -0.4 is 14.8 Å². The first kappa shape index (κ1) is 18.0. The lowest BCUT2D eigenvalue weighted by molar-refractivity contribution is -0.142. The lowest BCUT2D eigenvalue weighted by Gasteiger charge is -2.28. The van der Waals surface area contributed by atoms with Crippen LogP contribution in [0.4, 0.5) is 4.39 Å². The second-order valence-electron chi connectivity index (χ2n) is 5.45. The number of hydrogen-bond acceptors (Lipinski definition) is 5. The summed E-state index contributed by atoms with van der Waals surface area (Å²) < 4.78 is 29.4. The average molecular weight is 341 g/mol. The SMILES string of the molecule is COc1cc(F)c(C(=O)NC(C(=O)O)C2CCCOC2)cc1OC. The molecule has 2 atom stereocenters. The second-order valence-corrected chi connectivity index (χ2v) is 5.45. The van der Waals surface area contributed by atoms with E-state index in [0.717, 1.165) is 12.5 Å². The fraction of sp³-hybridized carbons (Fsp3) is 0.500.